The van der Waals surface area contributed by atoms with Gasteiger partial charge in [-0.1, -0.05) is 6.07 Å². The molecule has 0 bridgehead atoms. The maximum atomic E-state index is 13.4. The summed E-state index contributed by atoms with van der Waals surface area (Å²) in [5, 5.41) is 0. The van der Waals surface area contributed by atoms with Crippen LogP contribution in [0.1, 0.15) is 5.56 Å². The van der Waals surface area contributed by atoms with Crippen LogP contribution in [-0.2, 0) is 5.88 Å². The van der Waals surface area contributed by atoms with E-state index in [9.17, 15) is 13.2 Å². The first kappa shape index (κ1) is 12.8. The molecule has 0 aliphatic carbocycles. The number of benzene rings is 2. The second-order valence-corrected chi connectivity index (χ2v) is 3.85. The number of hydrogen-bond donors (Lipinski definition) is 0. The second kappa shape index (κ2) is 5.31. The SMILES string of the molecule is Fc1cc(CCl)cc(Oc2cccc(F)c2F)c1. The molecule has 2 rings (SSSR count). The van der Waals surface area contributed by atoms with Crippen LogP contribution in [0.4, 0.5) is 13.2 Å². The van der Waals surface area contributed by atoms with Gasteiger partial charge >= 0.3 is 0 Å². The zero-order chi connectivity index (χ0) is 13.1. The van der Waals surface area contributed by atoms with Crippen LogP contribution in [0, 0.1) is 17.5 Å². The second-order valence-electron chi connectivity index (χ2n) is 3.58. The number of alkyl halides is 1. The molecule has 0 radical (unpaired) electrons. The lowest BCUT2D eigenvalue weighted by molar-refractivity contribution is 0.413. The van der Waals surface area contributed by atoms with E-state index in [-0.39, 0.29) is 17.4 Å². The molecule has 18 heavy (non-hydrogen) atoms. The fourth-order valence-corrected chi connectivity index (χ4v) is 1.60. The number of hydrogen-bond acceptors (Lipinski definition) is 1. The minimum absolute atomic E-state index is 0.0650. The Kier molecular flexibility index (Phi) is 3.77. The zero-order valence-corrected chi connectivity index (χ0v) is 9.85. The highest BCUT2D eigenvalue weighted by Crippen LogP contribution is 2.27. The van der Waals surface area contributed by atoms with E-state index in [2.05, 4.69) is 0 Å². The van der Waals surface area contributed by atoms with E-state index < -0.39 is 17.5 Å². The van der Waals surface area contributed by atoms with Gasteiger partial charge in [-0.05, 0) is 29.8 Å². The van der Waals surface area contributed by atoms with Crippen LogP contribution in [0.2, 0.25) is 0 Å². The normalized spacial score (nSPS) is 10.4. The maximum absolute atomic E-state index is 13.4. The Hall–Kier alpha value is -1.68. The molecule has 0 spiro atoms. The fourth-order valence-electron chi connectivity index (χ4n) is 1.45. The largest absolute Gasteiger partial charge is 0.454 e. The molecule has 0 fully saturated rings. The Morgan fingerprint density at radius 1 is 1.06 bits per heavy atom. The van der Waals surface area contributed by atoms with Crippen LogP contribution in [0.3, 0.4) is 0 Å². The summed E-state index contributed by atoms with van der Waals surface area (Å²) in [5.41, 5.74) is 0.489. The zero-order valence-electron chi connectivity index (χ0n) is 9.09. The molecule has 94 valence electrons. The summed E-state index contributed by atoms with van der Waals surface area (Å²) in [6, 6.07) is 7.29. The van der Waals surface area contributed by atoms with E-state index in [1.165, 1.54) is 24.3 Å². The van der Waals surface area contributed by atoms with E-state index in [0.717, 1.165) is 12.1 Å². The molecule has 0 saturated heterocycles. The summed E-state index contributed by atoms with van der Waals surface area (Å²) in [4.78, 5) is 0. The minimum Gasteiger partial charge on any atom is -0.454 e. The van der Waals surface area contributed by atoms with Gasteiger partial charge in [0.05, 0.1) is 0 Å². The van der Waals surface area contributed by atoms with E-state index in [4.69, 9.17) is 16.3 Å². The van der Waals surface area contributed by atoms with E-state index in [0.29, 0.717) is 5.56 Å². The van der Waals surface area contributed by atoms with Crippen LogP contribution in [0.5, 0.6) is 11.5 Å². The highest BCUT2D eigenvalue weighted by Gasteiger charge is 2.10. The molecular formula is C13H8ClF3O. The first-order chi connectivity index (χ1) is 8.60. The first-order valence-corrected chi connectivity index (χ1v) is 5.61. The third-order valence-corrected chi connectivity index (χ3v) is 2.54. The van der Waals surface area contributed by atoms with Crippen molar-refractivity contribution in [3.05, 3.63) is 59.4 Å². The van der Waals surface area contributed by atoms with Crippen molar-refractivity contribution in [3.8, 4) is 11.5 Å². The summed E-state index contributed by atoms with van der Waals surface area (Å²) in [7, 11) is 0. The van der Waals surface area contributed by atoms with Crippen molar-refractivity contribution >= 4 is 11.6 Å². The monoisotopic (exact) mass is 272 g/mol. The quantitative estimate of drug-likeness (QED) is 0.740. The molecule has 0 aromatic heterocycles. The van der Waals surface area contributed by atoms with Crippen LogP contribution in [0.25, 0.3) is 0 Å². The smallest absolute Gasteiger partial charge is 0.201 e. The predicted molar refractivity (Wildman–Crippen MR) is 62.4 cm³/mol. The van der Waals surface area contributed by atoms with Crippen LogP contribution in [-0.4, -0.2) is 0 Å². The highest BCUT2D eigenvalue weighted by atomic mass is 35.5. The van der Waals surface area contributed by atoms with Gasteiger partial charge in [0.25, 0.3) is 0 Å². The highest BCUT2D eigenvalue weighted by molar-refractivity contribution is 6.17. The Balaban J connectivity index is 2.34. The molecule has 2 aromatic rings. The molecule has 0 N–H and O–H groups in total. The summed E-state index contributed by atoms with van der Waals surface area (Å²) in [6.07, 6.45) is 0. The Morgan fingerprint density at radius 3 is 2.56 bits per heavy atom. The van der Waals surface area contributed by atoms with Crippen LogP contribution >= 0.6 is 11.6 Å². The van der Waals surface area contributed by atoms with Crippen LogP contribution in [0.15, 0.2) is 36.4 Å². The molecule has 0 unspecified atom stereocenters. The first-order valence-electron chi connectivity index (χ1n) is 5.07. The topological polar surface area (TPSA) is 9.23 Å². The molecular weight excluding hydrogens is 265 g/mol. The summed E-state index contributed by atoms with van der Waals surface area (Å²) in [5.74, 6) is -2.84. The summed E-state index contributed by atoms with van der Waals surface area (Å²) >= 11 is 5.57. The van der Waals surface area contributed by atoms with Crippen LogP contribution < -0.4 is 4.74 Å². The fraction of sp³-hybridized carbons (Fsp3) is 0.0769. The molecule has 0 heterocycles. The lowest BCUT2D eigenvalue weighted by Crippen LogP contribution is -1.93. The van der Waals surface area contributed by atoms with Crippen molar-refractivity contribution in [2.24, 2.45) is 0 Å². The lowest BCUT2D eigenvalue weighted by Gasteiger charge is -2.08. The van der Waals surface area contributed by atoms with Crippen molar-refractivity contribution in [1.82, 2.24) is 0 Å². The molecule has 1 nitrogen and oxygen atoms in total. The van der Waals surface area contributed by atoms with Gasteiger partial charge in [0.15, 0.2) is 11.6 Å². The Morgan fingerprint density at radius 2 is 1.83 bits per heavy atom. The third kappa shape index (κ3) is 2.76. The molecule has 0 amide bonds. The van der Waals surface area contributed by atoms with E-state index in [1.54, 1.807) is 0 Å². The predicted octanol–water partition coefficient (Wildman–Crippen LogP) is 4.64. The van der Waals surface area contributed by atoms with Gasteiger partial charge in [-0.3, -0.25) is 0 Å². The molecule has 0 atom stereocenters. The summed E-state index contributed by atoms with van der Waals surface area (Å²) < 4.78 is 44.6. The average molecular weight is 273 g/mol. The van der Waals surface area contributed by atoms with Crippen molar-refractivity contribution in [2.75, 3.05) is 0 Å². The number of rotatable bonds is 3. The number of ether oxygens (including phenoxy) is 1. The van der Waals surface area contributed by atoms with Gasteiger partial charge in [0.1, 0.15) is 11.6 Å². The number of halogens is 4. The van der Waals surface area contributed by atoms with Crippen molar-refractivity contribution in [3.63, 3.8) is 0 Å². The Labute approximate surface area is 107 Å². The van der Waals surface area contributed by atoms with Gasteiger partial charge in [0.2, 0.25) is 5.82 Å². The van der Waals surface area contributed by atoms with Gasteiger partial charge in [-0.2, -0.15) is 4.39 Å². The van der Waals surface area contributed by atoms with Gasteiger partial charge in [-0.25, -0.2) is 8.78 Å². The van der Waals surface area contributed by atoms with Crippen molar-refractivity contribution in [1.29, 1.82) is 0 Å². The third-order valence-electron chi connectivity index (χ3n) is 2.23. The van der Waals surface area contributed by atoms with Gasteiger partial charge < -0.3 is 4.74 Å². The van der Waals surface area contributed by atoms with Crippen molar-refractivity contribution < 1.29 is 17.9 Å². The molecule has 0 aliphatic heterocycles. The van der Waals surface area contributed by atoms with E-state index in [1.807, 2.05) is 0 Å². The van der Waals surface area contributed by atoms with E-state index >= 15 is 0 Å². The van der Waals surface area contributed by atoms with Gasteiger partial charge in [0, 0.05) is 11.9 Å². The maximum Gasteiger partial charge on any atom is 0.201 e. The lowest BCUT2D eigenvalue weighted by atomic mass is 10.2. The standard InChI is InChI=1S/C13H8ClF3O/c14-7-8-4-9(15)6-10(5-8)18-12-3-1-2-11(16)13(12)17/h1-6H,7H2. The van der Waals surface area contributed by atoms with Crippen molar-refractivity contribution in [2.45, 2.75) is 5.88 Å². The minimum atomic E-state index is -1.12. The van der Waals surface area contributed by atoms with Gasteiger partial charge in [-0.15, -0.1) is 11.6 Å². The summed E-state index contributed by atoms with van der Waals surface area (Å²) in [6.45, 7) is 0. The molecule has 0 aliphatic rings. The Bertz CT molecular complexity index is 572. The molecule has 2 aromatic carbocycles. The molecule has 0 saturated carbocycles. The average Bonchev–Trinajstić information content (AvgIpc) is 2.34. The molecule has 5 heteroatoms.